The standard InChI is InChI=1S/C6H11NO3S.ClH/c8-6(9)5-7-1-3-11(10)4-2-7;/h1-5H2,(H,8,9);1H. The molecule has 1 fully saturated rings. The molecule has 0 amide bonds. The summed E-state index contributed by atoms with van der Waals surface area (Å²) >= 11 is 0. The first-order valence-corrected chi connectivity index (χ1v) is 4.96. The molecule has 0 spiro atoms. The van der Waals surface area contributed by atoms with E-state index in [1.54, 1.807) is 0 Å². The van der Waals surface area contributed by atoms with Crippen LogP contribution < -0.4 is 0 Å². The van der Waals surface area contributed by atoms with Gasteiger partial charge in [0.1, 0.15) is 0 Å². The third-order valence-electron chi connectivity index (χ3n) is 1.63. The molecule has 1 rings (SSSR count). The lowest BCUT2D eigenvalue weighted by Crippen LogP contribution is -2.40. The molecule has 1 N–H and O–H groups in total. The van der Waals surface area contributed by atoms with Crippen LogP contribution in [0.2, 0.25) is 0 Å². The normalized spacial score (nSPS) is 20.0. The van der Waals surface area contributed by atoms with E-state index in [0.717, 1.165) is 0 Å². The summed E-state index contributed by atoms with van der Waals surface area (Å²) in [6.45, 7) is 1.38. The van der Waals surface area contributed by atoms with E-state index >= 15 is 0 Å². The summed E-state index contributed by atoms with van der Waals surface area (Å²) in [6.07, 6.45) is 0. The van der Waals surface area contributed by atoms with Crippen LogP contribution in [0, 0.1) is 0 Å². The number of carboxylic acids is 1. The summed E-state index contributed by atoms with van der Waals surface area (Å²) in [7, 11) is -0.710. The first-order chi connectivity index (χ1) is 5.18. The van der Waals surface area contributed by atoms with Gasteiger partial charge in [-0.3, -0.25) is 13.9 Å². The number of halogens is 1. The van der Waals surface area contributed by atoms with Crippen LogP contribution in [0.1, 0.15) is 0 Å². The lowest BCUT2D eigenvalue weighted by molar-refractivity contribution is -0.138. The molecule has 0 bridgehead atoms. The summed E-state index contributed by atoms with van der Waals surface area (Å²) in [4.78, 5) is 12.0. The highest BCUT2D eigenvalue weighted by molar-refractivity contribution is 7.85. The fraction of sp³-hybridized carbons (Fsp3) is 0.833. The first kappa shape index (κ1) is 11.9. The molecule has 1 heterocycles. The Morgan fingerprint density at radius 3 is 2.33 bits per heavy atom. The van der Waals surface area contributed by atoms with Crippen LogP contribution >= 0.6 is 12.4 Å². The molecule has 1 aliphatic heterocycles. The van der Waals surface area contributed by atoms with E-state index in [1.165, 1.54) is 0 Å². The predicted octanol–water partition coefficient (Wildman–Crippen LogP) is -0.443. The smallest absolute Gasteiger partial charge is 0.317 e. The molecule has 0 aromatic heterocycles. The second kappa shape index (κ2) is 5.50. The van der Waals surface area contributed by atoms with Crippen molar-refractivity contribution in [1.29, 1.82) is 0 Å². The minimum atomic E-state index is -0.808. The third kappa shape index (κ3) is 4.04. The second-order valence-corrected chi connectivity index (χ2v) is 4.21. The van der Waals surface area contributed by atoms with Crippen molar-refractivity contribution in [3.8, 4) is 0 Å². The summed E-state index contributed by atoms with van der Waals surface area (Å²) in [5, 5.41) is 8.41. The monoisotopic (exact) mass is 213 g/mol. The van der Waals surface area contributed by atoms with Gasteiger partial charge in [0.25, 0.3) is 0 Å². The van der Waals surface area contributed by atoms with Crippen LogP contribution in [-0.2, 0) is 15.6 Å². The molecule has 0 unspecified atom stereocenters. The SMILES string of the molecule is Cl.O=C(O)CN1CCS(=O)CC1. The van der Waals surface area contributed by atoms with Crippen molar-refractivity contribution in [1.82, 2.24) is 4.90 Å². The average molecular weight is 214 g/mol. The topological polar surface area (TPSA) is 57.6 Å². The maximum absolute atomic E-state index is 10.8. The van der Waals surface area contributed by atoms with Crippen LogP contribution in [0.15, 0.2) is 0 Å². The number of aliphatic carboxylic acids is 1. The lowest BCUT2D eigenvalue weighted by atomic mass is 10.5. The summed E-state index contributed by atoms with van der Waals surface area (Å²) < 4.78 is 10.8. The molecule has 6 heteroatoms. The molecule has 0 aliphatic carbocycles. The van der Waals surface area contributed by atoms with E-state index in [4.69, 9.17) is 5.11 Å². The van der Waals surface area contributed by atoms with Gasteiger partial charge in [-0.2, -0.15) is 0 Å². The second-order valence-electron chi connectivity index (χ2n) is 2.52. The highest BCUT2D eigenvalue weighted by Gasteiger charge is 2.16. The van der Waals surface area contributed by atoms with Gasteiger partial charge in [0.2, 0.25) is 0 Å². The van der Waals surface area contributed by atoms with Gasteiger partial charge in [-0.15, -0.1) is 12.4 Å². The van der Waals surface area contributed by atoms with Crippen molar-refractivity contribution < 1.29 is 14.1 Å². The molecule has 1 saturated heterocycles. The Kier molecular flexibility index (Phi) is 5.44. The van der Waals surface area contributed by atoms with E-state index in [2.05, 4.69) is 0 Å². The molecule has 0 aromatic carbocycles. The number of nitrogens with zero attached hydrogens (tertiary/aromatic N) is 1. The Balaban J connectivity index is 0.00000121. The van der Waals surface area contributed by atoms with E-state index in [0.29, 0.717) is 24.6 Å². The van der Waals surface area contributed by atoms with Gasteiger partial charge < -0.3 is 5.11 Å². The van der Waals surface area contributed by atoms with Gasteiger partial charge >= 0.3 is 5.97 Å². The number of hydrogen-bond donors (Lipinski definition) is 1. The maximum atomic E-state index is 10.8. The molecule has 0 radical (unpaired) electrons. The molecular weight excluding hydrogens is 202 g/mol. The first-order valence-electron chi connectivity index (χ1n) is 3.47. The maximum Gasteiger partial charge on any atom is 0.317 e. The van der Waals surface area contributed by atoms with Crippen LogP contribution in [0.25, 0.3) is 0 Å². The minimum absolute atomic E-state index is 0. The summed E-state index contributed by atoms with van der Waals surface area (Å²) in [5.41, 5.74) is 0. The van der Waals surface area contributed by atoms with Gasteiger partial charge in [-0.25, -0.2) is 0 Å². The molecule has 4 nitrogen and oxygen atoms in total. The fourth-order valence-electron chi connectivity index (χ4n) is 1.03. The van der Waals surface area contributed by atoms with Crippen molar-refractivity contribution in [3.05, 3.63) is 0 Å². The number of carboxylic acid groups (broad SMARTS) is 1. The Morgan fingerprint density at radius 2 is 1.92 bits per heavy atom. The Bertz CT molecular complexity index is 178. The zero-order chi connectivity index (χ0) is 8.27. The summed E-state index contributed by atoms with van der Waals surface area (Å²) in [6, 6.07) is 0. The molecular formula is C6H12ClNO3S. The quantitative estimate of drug-likeness (QED) is 0.676. The van der Waals surface area contributed by atoms with E-state index < -0.39 is 16.8 Å². The molecule has 0 aromatic rings. The Hall–Kier alpha value is -0.130. The fourth-order valence-corrected chi connectivity index (χ4v) is 2.15. The Labute approximate surface area is 79.8 Å². The van der Waals surface area contributed by atoms with Crippen molar-refractivity contribution in [3.63, 3.8) is 0 Å². The number of carbonyl (C=O) groups is 1. The largest absolute Gasteiger partial charge is 0.480 e. The van der Waals surface area contributed by atoms with Crippen molar-refractivity contribution in [2.75, 3.05) is 31.1 Å². The van der Waals surface area contributed by atoms with Crippen LogP contribution in [-0.4, -0.2) is 51.3 Å². The van der Waals surface area contributed by atoms with Gasteiger partial charge in [-0.05, 0) is 0 Å². The molecule has 0 atom stereocenters. The van der Waals surface area contributed by atoms with Gasteiger partial charge in [0.15, 0.2) is 0 Å². The third-order valence-corrected chi connectivity index (χ3v) is 2.91. The van der Waals surface area contributed by atoms with Crippen molar-refractivity contribution >= 4 is 29.2 Å². The molecule has 1 aliphatic rings. The number of hydrogen-bond acceptors (Lipinski definition) is 3. The number of rotatable bonds is 2. The van der Waals surface area contributed by atoms with Crippen LogP contribution in [0.5, 0.6) is 0 Å². The van der Waals surface area contributed by atoms with Gasteiger partial charge in [-0.1, -0.05) is 0 Å². The zero-order valence-corrected chi connectivity index (χ0v) is 8.20. The van der Waals surface area contributed by atoms with Crippen LogP contribution in [0.3, 0.4) is 0 Å². The zero-order valence-electron chi connectivity index (χ0n) is 6.56. The van der Waals surface area contributed by atoms with Gasteiger partial charge in [0, 0.05) is 35.4 Å². The molecule has 12 heavy (non-hydrogen) atoms. The highest BCUT2D eigenvalue weighted by Crippen LogP contribution is 1.98. The van der Waals surface area contributed by atoms with Crippen LogP contribution in [0.4, 0.5) is 0 Å². The molecule has 0 saturated carbocycles. The van der Waals surface area contributed by atoms with E-state index in [9.17, 15) is 9.00 Å². The highest BCUT2D eigenvalue weighted by atomic mass is 35.5. The summed E-state index contributed by atoms with van der Waals surface area (Å²) in [5.74, 6) is 0.429. The molecule has 72 valence electrons. The Morgan fingerprint density at radius 1 is 1.42 bits per heavy atom. The van der Waals surface area contributed by atoms with E-state index in [-0.39, 0.29) is 19.0 Å². The lowest BCUT2D eigenvalue weighted by Gasteiger charge is -2.23. The van der Waals surface area contributed by atoms with E-state index in [1.807, 2.05) is 4.90 Å². The van der Waals surface area contributed by atoms with Crippen molar-refractivity contribution in [2.24, 2.45) is 0 Å². The average Bonchev–Trinajstić information content (AvgIpc) is 1.93. The minimum Gasteiger partial charge on any atom is -0.480 e. The van der Waals surface area contributed by atoms with Gasteiger partial charge in [0.05, 0.1) is 6.54 Å². The van der Waals surface area contributed by atoms with Crippen molar-refractivity contribution in [2.45, 2.75) is 0 Å². The predicted molar refractivity (Wildman–Crippen MR) is 49.2 cm³/mol.